The lowest BCUT2D eigenvalue weighted by Gasteiger charge is -2.29. The Morgan fingerprint density at radius 2 is 1.61 bits per heavy atom. The number of benzene rings is 4. The highest BCUT2D eigenvalue weighted by Gasteiger charge is 2.58. The summed E-state index contributed by atoms with van der Waals surface area (Å²) in [6.45, 7) is 0. The van der Waals surface area contributed by atoms with Crippen LogP contribution in [0.15, 0.2) is 114 Å². The van der Waals surface area contributed by atoms with Crippen LogP contribution in [0.4, 0.5) is 5.69 Å². The van der Waals surface area contributed by atoms with Crippen LogP contribution in [-0.2, 0) is 4.79 Å². The Hall–Kier alpha value is -4.95. The molecule has 2 aliphatic rings. The first kappa shape index (κ1) is 26.3. The number of methoxy groups -OCH3 is 1. The molecule has 0 saturated heterocycles. The maximum absolute atomic E-state index is 14.7. The highest BCUT2D eigenvalue weighted by Crippen LogP contribution is 2.55. The van der Waals surface area contributed by atoms with Crippen LogP contribution in [0.2, 0.25) is 0 Å². The van der Waals surface area contributed by atoms with E-state index in [1.54, 1.807) is 18.2 Å². The van der Waals surface area contributed by atoms with Gasteiger partial charge in [-0.1, -0.05) is 54.6 Å². The number of ether oxygens (including phenoxy) is 1. The average Bonchev–Trinajstić information content (AvgIpc) is 3.28. The van der Waals surface area contributed by atoms with Gasteiger partial charge in [0.15, 0.2) is 5.78 Å². The largest absolute Gasteiger partial charge is 0.497 e. The number of ketones is 1. The Morgan fingerprint density at radius 1 is 0.927 bits per heavy atom. The van der Waals surface area contributed by atoms with Gasteiger partial charge in [-0.3, -0.25) is 24.6 Å². The summed E-state index contributed by atoms with van der Waals surface area (Å²) in [6, 6.07) is 30.2. The summed E-state index contributed by atoms with van der Waals surface area (Å²) in [5.74, 6) is -0.00559. The molecule has 0 aliphatic carbocycles. The average molecular weight is 561 g/mol. The molecule has 0 saturated carbocycles. The van der Waals surface area contributed by atoms with E-state index in [9.17, 15) is 19.7 Å². The van der Waals surface area contributed by atoms with Crippen molar-refractivity contribution >= 4 is 46.5 Å². The molecule has 8 heteroatoms. The fourth-order valence-electron chi connectivity index (χ4n) is 5.40. The van der Waals surface area contributed by atoms with Crippen LogP contribution in [0.5, 0.6) is 5.75 Å². The van der Waals surface area contributed by atoms with Gasteiger partial charge in [0.25, 0.3) is 11.6 Å². The summed E-state index contributed by atoms with van der Waals surface area (Å²) in [4.78, 5) is 42.7. The molecule has 7 nitrogen and oxygen atoms in total. The number of rotatable bonds is 8. The van der Waals surface area contributed by atoms with E-state index in [2.05, 4.69) is 0 Å². The third-order valence-electron chi connectivity index (χ3n) is 7.41. The fourth-order valence-corrected chi connectivity index (χ4v) is 6.53. The van der Waals surface area contributed by atoms with E-state index >= 15 is 0 Å². The molecule has 4 aromatic rings. The number of hydrogen-bond acceptors (Lipinski definition) is 6. The highest BCUT2D eigenvalue weighted by atomic mass is 32.2. The molecule has 1 atom stereocenters. The second kappa shape index (κ2) is 10.6. The summed E-state index contributed by atoms with van der Waals surface area (Å²) in [7, 11) is 1.58. The minimum atomic E-state index is -1.62. The normalized spacial score (nSPS) is 17.3. The molecular weight excluding hydrogens is 536 g/mol. The quantitative estimate of drug-likeness (QED) is 0.0761. The maximum atomic E-state index is 14.7. The van der Waals surface area contributed by atoms with Crippen LogP contribution < -0.4 is 4.74 Å². The molecule has 1 amide bonds. The molecule has 0 spiro atoms. The third-order valence-corrected chi connectivity index (χ3v) is 8.60. The van der Waals surface area contributed by atoms with Crippen LogP contribution in [0.25, 0.3) is 17.3 Å². The standard InChI is InChI=1S/C33H24N2O5S/c1-40-26-17-13-23(14-18-26)29-30-28-10-6-5-7-22(28)19-20-34(30)32(37)33(29,21-41-27-8-3-2-4-9-27)31(36)24-11-15-25(16-12-24)35(38)39/h2-20H,21H2,1H3. The van der Waals surface area contributed by atoms with Gasteiger partial charge in [-0.2, -0.15) is 0 Å². The molecule has 2 aliphatic heterocycles. The van der Waals surface area contributed by atoms with Crippen molar-refractivity contribution in [2.24, 2.45) is 5.41 Å². The number of fused-ring (bicyclic) bond motifs is 3. The van der Waals surface area contributed by atoms with E-state index in [-0.39, 0.29) is 22.9 Å². The van der Waals surface area contributed by atoms with Gasteiger partial charge >= 0.3 is 0 Å². The summed E-state index contributed by atoms with van der Waals surface area (Å²) >= 11 is 1.42. The molecule has 0 bridgehead atoms. The molecule has 2 heterocycles. The van der Waals surface area contributed by atoms with Gasteiger partial charge in [0.05, 0.1) is 17.7 Å². The van der Waals surface area contributed by atoms with Crippen molar-refractivity contribution in [2.45, 2.75) is 4.90 Å². The molecule has 1 unspecified atom stereocenters. The molecule has 0 N–H and O–H groups in total. The van der Waals surface area contributed by atoms with Crippen LogP contribution in [0.1, 0.15) is 27.0 Å². The number of hydrogen-bond donors (Lipinski definition) is 0. The lowest BCUT2D eigenvalue weighted by molar-refractivity contribution is -0.384. The molecule has 41 heavy (non-hydrogen) atoms. The summed E-state index contributed by atoms with van der Waals surface area (Å²) in [5.41, 5.74) is 2.21. The van der Waals surface area contributed by atoms with E-state index in [0.717, 1.165) is 16.0 Å². The van der Waals surface area contributed by atoms with Gasteiger partial charge in [-0.15, -0.1) is 11.8 Å². The smallest absolute Gasteiger partial charge is 0.269 e. The molecule has 0 radical (unpaired) electrons. The summed E-state index contributed by atoms with van der Waals surface area (Å²) in [6.07, 6.45) is 3.60. The Morgan fingerprint density at radius 3 is 2.29 bits per heavy atom. The number of nitro benzene ring substituents is 1. The molecule has 0 aromatic heterocycles. The number of carbonyl (C=O) groups is 2. The maximum Gasteiger partial charge on any atom is 0.269 e. The molecule has 0 fully saturated rings. The highest BCUT2D eigenvalue weighted by molar-refractivity contribution is 7.99. The van der Waals surface area contributed by atoms with E-state index in [1.165, 1.54) is 36.0 Å². The van der Waals surface area contributed by atoms with E-state index in [0.29, 0.717) is 22.6 Å². The van der Waals surface area contributed by atoms with Gasteiger partial charge in [0.2, 0.25) is 0 Å². The van der Waals surface area contributed by atoms with Gasteiger partial charge in [0.1, 0.15) is 11.2 Å². The summed E-state index contributed by atoms with van der Waals surface area (Å²) in [5, 5.41) is 11.3. The van der Waals surface area contributed by atoms with E-state index < -0.39 is 16.1 Å². The Kier molecular flexibility index (Phi) is 6.77. The molecule has 4 aromatic carbocycles. The zero-order valence-electron chi connectivity index (χ0n) is 22.0. The SMILES string of the molecule is COc1ccc(C2=C3c4ccccc4C=CN3C(=O)C2(CSc2ccccc2)C(=O)c2ccc([N+](=O)[O-])cc2)cc1. The topological polar surface area (TPSA) is 89.8 Å². The number of carbonyl (C=O) groups excluding carboxylic acids is 2. The van der Waals surface area contributed by atoms with Crippen molar-refractivity contribution in [3.8, 4) is 5.75 Å². The third kappa shape index (κ3) is 4.42. The predicted octanol–water partition coefficient (Wildman–Crippen LogP) is 6.96. The Balaban J connectivity index is 1.61. The van der Waals surface area contributed by atoms with Crippen molar-refractivity contribution in [3.05, 3.63) is 142 Å². The van der Waals surface area contributed by atoms with Crippen molar-refractivity contribution < 1.29 is 19.2 Å². The minimum absolute atomic E-state index is 0.128. The minimum Gasteiger partial charge on any atom is -0.497 e. The predicted molar refractivity (Wildman–Crippen MR) is 159 cm³/mol. The number of nitrogens with zero attached hydrogens (tertiary/aromatic N) is 2. The van der Waals surface area contributed by atoms with Crippen LogP contribution in [0, 0.1) is 15.5 Å². The Bertz CT molecular complexity index is 1730. The zero-order chi connectivity index (χ0) is 28.6. The zero-order valence-corrected chi connectivity index (χ0v) is 22.8. The number of non-ortho nitro benzene ring substituents is 1. The van der Waals surface area contributed by atoms with Crippen molar-refractivity contribution in [2.75, 3.05) is 12.9 Å². The molecule has 202 valence electrons. The molecule has 6 rings (SSSR count). The number of Topliss-reactive ketones (excluding diaryl/α,β-unsaturated/α-hetero) is 1. The second-order valence-electron chi connectivity index (χ2n) is 9.67. The summed E-state index contributed by atoms with van der Waals surface area (Å²) < 4.78 is 5.39. The van der Waals surface area contributed by atoms with Gasteiger partial charge in [-0.05, 0) is 53.6 Å². The molecular formula is C33H24N2O5S. The lowest BCUT2D eigenvalue weighted by Crippen LogP contribution is -2.44. The lowest BCUT2D eigenvalue weighted by atomic mass is 9.73. The van der Waals surface area contributed by atoms with Crippen molar-refractivity contribution in [1.82, 2.24) is 4.90 Å². The van der Waals surface area contributed by atoms with E-state index in [1.807, 2.05) is 84.9 Å². The van der Waals surface area contributed by atoms with E-state index in [4.69, 9.17) is 4.74 Å². The van der Waals surface area contributed by atoms with Crippen LogP contribution in [-0.4, -0.2) is 34.4 Å². The van der Waals surface area contributed by atoms with Crippen LogP contribution in [0.3, 0.4) is 0 Å². The Labute approximate surface area is 240 Å². The monoisotopic (exact) mass is 560 g/mol. The number of amides is 1. The van der Waals surface area contributed by atoms with Gasteiger partial charge in [-0.25, -0.2) is 0 Å². The first-order valence-corrected chi connectivity index (χ1v) is 13.9. The van der Waals surface area contributed by atoms with Gasteiger partial charge in [0, 0.05) is 45.7 Å². The second-order valence-corrected chi connectivity index (χ2v) is 10.7. The first-order chi connectivity index (χ1) is 19.9. The number of thioether (sulfide) groups is 1. The first-order valence-electron chi connectivity index (χ1n) is 12.9. The van der Waals surface area contributed by atoms with Crippen LogP contribution >= 0.6 is 11.8 Å². The number of nitro groups is 1. The van der Waals surface area contributed by atoms with Gasteiger partial charge < -0.3 is 4.74 Å². The fraction of sp³-hybridized carbons (Fsp3) is 0.0909. The van der Waals surface area contributed by atoms with Crippen molar-refractivity contribution in [3.63, 3.8) is 0 Å². The van der Waals surface area contributed by atoms with Crippen molar-refractivity contribution in [1.29, 1.82) is 0 Å².